The molecule has 0 radical (unpaired) electrons. The van der Waals surface area contributed by atoms with Gasteiger partial charge < -0.3 is 26.4 Å². The van der Waals surface area contributed by atoms with Crippen LogP contribution in [0.15, 0.2) is 0 Å². The van der Waals surface area contributed by atoms with Crippen LogP contribution >= 0.6 is 0 Å². The van der Waals surface area contributed by atoms with E-state index in [9.17, 15) is 0 Å². The van der Waals surface area contributed by atoms with E-state index in [2.05, 4.69) is 39.5 Å². The molecule has 0 aliphatic carbocycles. The maximum atomic E-state index is 2.79. The number of hydrogen-bond donors (Lipinski definition) is 0. The zero-order valence-electron chi connectivity index (χ0n) is 20.4. The first-order valence-electron chi connectivity index (χ1n) is 12.7. The summed E-state index contributed by atoms with van der Waals surface area (Å²) in [6, 6.07) is 0. The van der Waals surface area contributed by atoms with Gasteiger partial charge in [-0.25, -0.2) is 0 Å². The van der Waals surface area contributed by atoms with E-state index in [0.29, 0.717) is 0 Å². The highest BCUT2D eigenvalue weighted by molar-refractivity contribution is 4.60. The van der Waals surface area contributed by atoms with Gasteiger partial charge in [0.05, 0.1) is 26.2 Å². The van der Waals surface area contributed by atoms with Crippen molar-refractivity contribution in [1.82, 2.24) is 4.90 Å². The molecule has 2 nitrogen and oxygen atoms in total. The Labute approximate surface area is 190 Å². The molecule has 0 atom stereocenters. The lowest BCUT2D eigenvalue weighted by atomic mass is 10.1. The summed E-state index contributed by atoms with van der Waals surface area (Å²) in [6.07, 6.45) is 18.0. The van der Waals surface area contributed by atoms with Crippen molar-refractivity contribution in [1.29, 1.82) is 0 Å². The van der Waals surface area contributed by atoms with Crippen molar-refractivity contribution in [2.75, 3.05) is 45.8 Å². The predicted octanol–water partition coefficient (Wildman–Crippen LogP) is 4.28. The van der Waals surface area contributed by atoms with Gasteiger partial charge in [0.25, 0.3) is 0 Å². The molecule has 0 N–H and O–H groups in total. The maximum Gasteiger partial charge on any atom is 0.0798 e. The van der Waals surface area contributed by atoms with E-state index in [1.54, 1.807) is 0 Å². The minimum absolute atomic E-state index is 0. The second-order valence-corrected chi connectivity index (χ2v) is 8.85. The fraction of sp³-hybridized carbons (Fsp3) is 1.00. The Hall–Kier alpha value is 0.400. The van der Waals surface area contributed by atoms with Gasteiger partial charge in [-0.15, -0.1) is 0 Å². The van der Waals surface area contributed by atoms with E-state index < -0.39 is 0 Å². The summed E-state index contributed by atoms with van der Waals surface area (Å²) in [5.41, 5.74) is 0. The largest absolute Gasteiger partial charge is 1.00 e. The molecule has 0 fully saturated rings. The van der Waals surface area contributed by atoms with Gasteiger partial charge in [0, 0.05) is 13.0 Å². The van der Waals surface area contributed by atoms with Crippen LogP contribution < -0.4 is 17.0 Å². The normalized spacial score (nSPS) is 11.8. The number of halogens is 1. The van der Waals surface area contributed by atoms with Crippen molar-refractivity contribution in [2.24, 2.45) is 0 Å². The Kier molecular flexibility index (Phi) is 24.1. The maximum absolute atomic E-state index is 2.79. The third-order valence-electron chi connectivity index (χ3n) is 6.41. The van der Waals surface area contributed by atoms with Crippen LogP contribution in [0.3, 0.4) is 0 Å². The lowest BCUT2D eigenvalue weighted by molar-refractivity contribution is -0.927. The Morgan fingerprint density at radius 1 is 0.464 bits per heavy atom. The molecule has 0 aliphatic rings. The molecule has 0 spiro atoms. The lowest BCUT2D eigenvalue weighted by Gasteiger charge is -2.39. The Balaban J connectivity index is 0. The summed E-state index contributed by atoms with van der Waals surface area (Å²) in [7, 11) is 0. The quantitative estimate of drug-likeness (QED) is 0.181. The summed E-state index contributed by atoms with van der Waals surface area (Å²) in [4.78, 5) is 2.79. The standard InChI is InChI=1S/C25H55N2.BrH/c1-6-11-15-20-26(21-16-12-7-2)22-19-25-27(10-5,23-17-13-8-3)24-18-14-9-4;/h6-25H2,1-5H3;1H/q+1;/p-1. The van der Waals surface area contributed by atoms with Gasteiger partial charge in [-0.2, -0.15) is 0 Å². The van der Waals surface area contributed by atoms with Crippen LogP contribution in [-0.2, 0) is 0 Å². The van der Waals surface area contributed by atoms with Gasteiger partial charge in [-0.3, -0.25) is 0 Å². The van der Waals surface area contributed by atoms with E-state index in [4.69, 9.17) is 0 Å². The molecule has 0 aromatic heterocycles. The number of rotatable bonds is 21. The van der Waals surface area contributed by atoms with E-state index in [1.807, 2.05) is 0 Å². The Morgan fingerprint density at radius 2 is 0.821 bits per heavy atom. The van der Waals surface area contributed by atoms with Crippen molar-refractivity contribution in [3.63, 3.8) is 0 Å². The van der Waals surface area contributed by atoms with E-state index in [1.165, 1.54) is 134 Å². The van der Waals surface area contributed by atoms with Gasteiger partial charge in [0.2, 0.25) is 0 Å². The molecule has 0 amide bonds. The van der Waals surface area contributed by atoms with Crippen molar-refractivity contribution in [2.45, 2.75) is 118 Å². The molecule has 0 rings (SSSR count). The number of hydrogen-bond acceptors (Lipinski definition) is 1. The van der Waals surface area contributed by atoms with Crippen molar-refractivity contribution < 1.29 is 21.5 Å². The Morgan fingerprint density at radius 3 is 1.21 bits per heavy atom. The van der Waals surface area contributed by atoms with E-state index >= 15 is 0 Å². The van der Waals surface area contributed by atoms with Crippen LogP contribution in [0.25, 0.3) is 0 Å². The van der Waals surface area contributed by atoms with Crippen molar-refractivity contribution in [3.8, 4) is 0 Å². The monoisotopic (exact) mass is 462 g/mol. The van der Waals surface area contributed by atoms with Crippen LogP contribution in [0.5, 0.6) is 0 Å². The van der Waals surface area contributed by atoms with Gasteiger partial charge >= 0.3 is 0 Å². The highest BCUT2D eigenvalue weighted by Gasteiger charge is 2.24. The molecule has 3 heteroatoms. The highest BCUT2D eigenvalue weighted by atomic mass is 79.9. The average Bonchev–Trinajstić information content (AvgIpc) is 2.68. The molecule has 172 valence electrons. The SMILES string of the molecule is CCCCCN(CCCCC)CCC[N+](CC)(CCCCC)CCCCC.[Br-]. The molecule has 0 bridgehead atoms. The van der Waals surface area contributed by atoms with Gasteiger partial charge in [-0.05, 0) is 58.5 Å². The second kappa shape index (κ2) is 22.1. The average molecular weight is 464 g/mol. The minimum atomic E-state index is 0. The molecule has 0 saturated heterocycles. The molecule has 28 heavy (non-hydrogen) atoms. The molecular weight excluding hydrogens is 408 g/mol. The third kappa shape index (κ3) is 16.2. The predicted molar refractivity (Wildman–Crippen MR) is 125 cm³/mol. The zero-order valence-corrected chi connectivity index (χ0v) is 22.0. The van der Waals surface area contributed by atoms with Gasteiger partial charge in [-0.1, -0.05) is 66.2 Å². The van der Waals surface area contributed by atoms with Gasteiger partial charge in [0.15, 0.2) is 0 Å². The molecule has 0 heterocycles. The molecule has 0 saturated carbocycles. The Bertz CT molecular complexity index is 276. The fourth-order valence-electron chi connectivity index (χ4n) is 4.34. The van der Waals surface area contributed by atoms with E-state index in [0.717, 1.165) is 0 Å². The minimum Gasteiger partial charge on any atom is -1.00 e. The zero-order chi connectivity index (χ0) is 20.2. The summed E-state index contributed by atoms with van der Waals surface area (Å²) in [6.45, 7) is 21.3. The summed E-state index contributed by atoms with van der Waals surface area (Å²) in [5.74, 6) is 0. The first kappa shape index (κ1) is 30.6. The van der Waals surface area contributed by atoms with Gasteiger partial charge in [0.1, 0.15) is 0 Å². The fourth-order valence-corrected chi connectivity index (χ4v) is 4.34. The smallest absolute Gasteiger partial charge is 0.0798 e. The topological polar surface area (TPSA) is 3.24 Å². The van der Waals surface area contributed by atoms with Crippen LogP contribution in [0, 0.1) is 0 Å². The summed E-state index contributed by atoms with van der Waals surface area (Å²) >= 11 is 0. The third-order valence-corrected chi connectivity index (χ3v) is 6.41. The number of nitrogens with zero attached hydrogens (tertiary/aromatic N) is 2. The first-order valence-corrected chi connectivity index (χ1v) is 12.7. The summed E-state index contributed by atoms with van der Waals surface area (Å²) < 4.78 is 1.39. The molecule has 0 aliphatic heterocycles. The van der Waals surface area contributed by atoms with Crippen LogP contribution in [-0.4, -0.2) is 55.2 Å². The molecule has 0 unspecified atom stereocenters. The second-order valence-electron chi connectivity index (χ2n) is 8.85. The molecular formula is C25H55BrN2. The van der Waals surface area contributed by atoms with Crippen molar-refractivity contribution in [3.05, 3.63) is 0 Å². The van der Waals surface area contributed by atoms with E-state index in [-0.39, 0.29) is 17.0 Å². The molecule has 0 aromatic carbocycles. The van der Waals surface area contributed by atoms with Crippen LogP contribution in [0.4, 0.5) is 0 Å². The highest BCUT2D eigenvalue weighted by Crippen LogP contribution is 2.15. The first-order chi connectivity index (χ1) is 13.2. The lowest BCUT2D eigenvalue weighted by Crippen LogP contribution is -3.00. The van der Waals surface area contributed by atoms with Crippen molar-refractivity contribution >= 4 is 0 Å². The summed E-state index contributed by atoms with van der Waals surface area (Å²) in [5, 5.41) is 0. The molecule has 0 aromatic rings. The van der Waals surface area contributed by atoms with Crippen LogP contribution in [0.1, 0.15) is 118 Å². The van der Waals surface area contributed by atoms with Crippen LogP contribution in [0.2, 0.25) is 0 Å². The number of quaternary nitrogens is 1. The number of unbranched alkanes of at least 4 members (excludes halogenated alkanes) is 8.